The normalized spacial score (nSPS) is 17.1. The number of ether oxygens (including phenoxy) is 1. The fourth-order valence-corrected chi connectivity index (χ4v) is 4.94. The van der Waals surface area contributed by atoms with Crippen molar-refractivity contribution < 1.29 is 19.7 Å². The van der Waals surface area contributed by atoms with Crippen LogP contribution in [0.5, 0.6) is 5.75 Å². The molecule has 6 heteroatoms. The Hall–Kier alpha value is -2.18. The molecule has 0 saturated heterocycles. The van der Waals surface area contributed by atoms with Crippen molar-refractivity contribution >= 4 is 23.4 Å². The maximum Gasteiger partial charge on any atom is 0.334 e. The van der Waals surface area contributed by atoms with E-state index in [1.165, 1.54) is 49.4 Å². The van der Waals surface area contributed by atoms with Gasteiger partial charge in [0.2, 0.25) is 0 Å². The van der Waals surface area contributed by atoms with Crippen LogP contribution in [0, 0.1) is 0 Å². The number of hydrogen-bond acceptors (Lipinski definition) is 5. The van der Waals surface area contributed by atoms with E-state index in [9.17, 15) is 15.0 Å². The molecule has 0 aromatic heterocycles. The minimum atomic E-state index is -1.55. The highest BCUT2D eigenvalue weighted by atomic mass is 32.2. The molecule has 2 aromatic carbocycles. The van der Waals surface area contributed by atoms with E-state index in [1.807, 2.05) is 6.07 Å². The van der Waals surface area contributed by atoms with E-state index in [2.05, 4.69) is 12.1 Å². The van der Waals surface area contributed by atoms with E-state index < -0.39 is 17.3 Å². The summed E-state index contributed by atoms with van der Waals surface area (Å²) in [5.74, 6) is -0.0519. The third-order valence-electron chi connectivity index (χ3n) is 5.35. The number of nitrogen functional groups attached to an aromatic ring is 1. The summed E-state index contributed by atoms with van der Waals surface area (Å²) in [5, 5.41) is 19.1. The number of carbonyl (C=O) groups is 1. The largest absolute Gasteiger partial charge is 0.497 e. The average Bonchev–Trinajstić information content (AvgIpc) is 2.73. The monoisotopic (exact) mass is 401 g/mol. The molecule has 0 bridgehead atoms. The van der Waals surface area contributed by atoms with Crippen LogP contribution in [0.25, 0.3) is 0 Å². The predicted molar refractivity (Wildman–Crippen MR) is 112 cm³/mol. The fraction of sp³-hybridized carbons (Fsp3) is 0.409. The zero-order valence-electron chi connectivity index (χ0n) is 16.0. The standard InChI is InChI=1S/C22H27NO4S/c1-27-17-10-7-15(8-11-17)21(20(24)22(25)26)28-19-13-16(9-12-18(19)23)14-5-3-2-4-6-14/h7-14,20-21,24H,2-6,23H2,1H3,(H,25,26)/t20-,21+/m1/s1. The smallest absolute Gasteiger partial charge is 0.334 e. The lowest BCUT2D eigenvalue weighted by atomic mass is 9.84. The average molecular weight is 402 g/mol. The summed E-state index contributed by atoms with van der Waals surface area (Å²) in [5.41, 5.74) is 8.75. The van der Waals surface area contributed by atoms with E-state index in [-0.39, 0.29) is 0 Å². The van der Waals surface area contributed by atoms with Gasteiger partial charge in [0.25, 0.3) is 0 Å². The highest BCUT2D eigenvalue weighted by Crippen LogP contribution is 2.43. The number of hydrogen-bond donors (Lipinski definition) is 3. The van der Waals surface area contributed by atoms with Gasteiger partial charge in [-0.25, -0.2) is 4.79 Å². The van der Waals surface area contributed by atoms with Gasteiger partial charge in [-0.15, -0.1) is 11.8 Å². The van der Waals surface area contributed by atoms with Crippen LogP contribution in [0.3, 0.4) is 0 Å². The molecule has 0 heterocycles. The quantitative estimate of drug-likeness (QED) is 0.464. The molecule has 5 nitrogen and oxygen atoms in total. The number of nitrogens with two attached hydrogens (primary N) is 1. The number of thioether (sulfide) groups is 1. The van der Waals surface area contributed by atoms with Gasteiger partial charge in [-0.1, -0.05) is 37.5 Å². The van der Waals surface area contributed by atoms with Gasteiger partial charge in [0, 0.05) is 10.6 Å². The van der Waals surface area contributed by atoms with Crippen LogP contribution < -0.4 is 10.5 Å². The number of aliphatic carboxylic acids is 1. The number of carboxylic acids is 1. The third-order valence-corrected chi connectivity index (χ3v) is 6.74. The highest BCUT2D eigenvalue weighted by Gasteiger charge is 2.29. The number of methoxy groups -OCH3 is 1. The molecule has 0 unspecified atom stereocenters. The van der Waals surface area contributed by atoms with E-state index >= 15 is 0 Å². The summed E-state index contributed by atoms with van der Waals surface area (Å²) in [6.45, 7) is 0. The molecule has 2 atom stereocenters. The summed E-state index contributed by atoms with van der Waals surface area (Å²) in [7, 11) is 1.57. The number of aliphatic hydroxyl groups is 1. The van der Waals surface area contributed by atoms with Gasteiger partial charge in [-0.05, 0) is 54.2 Å². The minimum absolute atomic E-state index is 0.525. The Bertz CT molecular complexity index is 803. The third kappa shape index (κ3) is 4.80. The number of aliphatic hydroxyl groups excluding tert-OH is 1. The topological polar surface area (TPSA) is 92.8 Å². The van der Waals surface area contributed by atoms with Crippen LogP contribution in [-0.2, 0) is 4.79 Å². The van der Waals surface area contributed by atoms with Crippen molar-refractivity contribution in [3.63, 3.8) is 0 Å². The number of benzene rings is 2. The Morgan fingerprint density at radius 1 is 1.14 bits per heavy atom. The van der Waals surface area contributed by atoms with Crippen LogP contribution in [0.1, 0.15) is 54.4 Å². The zero-order chi connectivity index (χ0) is 20.1. The van der Waals surface area contributed by atoms with E-state index in [4.69, 9.17) is 10.5 Å². The van der Waals surface area contributed by atoms with Crippen molar-refractivity contribution in [1.82, 2.24) is 0 Å². The van der Waals surface area contributed by atoms with Gasteiger partial charge < -0.3 is 20.7 Å². The van der Waals surface area contributed by atoms with Gasteiger partial charge in [-0.2, -0.15) is 0 Å². The second kappa shape index (κ2) is 9.34. The number of anilines is 1. The van der Waals surface area contributed by atoms with E-state index in [0.29, 0.717) is 22.9 Å². The second-order valence-electron chi connectivity index (χ2n) is 7.23. The van der Waals surface area contributed by atoms with Gasteiger partial charge in [0.15, 0.2) is 6.10 Å². The lowest BCUT2D eigenvalue weighted by molar-refractivity contribution is -0.146. The Balaban J connectivity index is 1.89. The van der Waals surface area contributed by atoms with Crippen molar-refractivity contribution in [3.05, 3.63) is 53.6 Å². The number of carboxylic acid groups (broad SMARTS) is 1. The van der Waals surface area contributed by atoms with E-state index in [0.717, 1.165) is 4.90 Å². The maximum absolute atomic E-state index is 11.5. The molecule has 1 aliphatic rings. The first-order chi connectivity index (χ1) is 13.5. The molecule has 4 N–H and O–H groups in total. The van der Waals surface area contributed by atoms with Crippen LogP contribution in [0.2, 0.25) is 0 Å². The Morgan fingerprint density at radius 3 is 2.43 bits per heavy atom. The first-order valence-corrected chi connectivity index (χ1v) is 10.5. The summed E-state index contributed by atoms with van der Waals surface area (Å²) in [4.78, 5) is 12.3. The van der Waals surface area contributed by atoms with Crippen molar-refractivity contribution in [3.8, 4) is 5.75 Å². The molecule has 150 valence electrons. The molecule has 1 fully saturated rings. The Labute approximate surface area is 169 Å². The molecule has 0 radical (unpaired) electrons. The lowest BCUT2D eigenvalue weighted by Crippen LogP contribution is -2.26. The maximum atomic E-state index is 11.5. The van der Waals surface area contributed by atoms with Crippen molar-refractivity contribution in [2.75, 3.05) is 12.8 Å². The summed E-state index contributed by atoms with van der Waals surface area (Å²) >= 11 is 1.30. The summed E-state index contributed by atoms with van der Waals surface area (Å²) in [6.07, 6.45) is 4.57. The van der Waals surface area contributed by atoms with E-state index in [1.54, 1.807) is 31.4 Å². The highest BCUT2D eigenvalue weighted by molar-refractivity contribution is 7.99. The summed E-state index contributed by atoms with van der Waals surface area (Å²) in [6, 6.07) is 13.1. The SMILES string of the molecule is COc1ccc([C@H](Sc2cc(C3CCCCC3)ccc2N)[C@@H](O)C(=O)O)cc1. The fourth-order valence-electron chi connectivity index (χ4n) is 3.72. The Kier molecular flexibility index (Phi) is 6.86. The molecule has 2 aromatic rings. The summed E-state index contributed by atoms with van der Waals surface area (Å²) < 4.78 is 5.17. The minimum Gasteiger partial charge on any atom is -0.497 e. The first kappa shape index (κ1) is 20.6. The van der Waals surface area contributed by atoms with Crippen molar-refractivity contribution in [2.24, 2.45) is 0 Å². The molecular weight excluding hydrogens is 374 g/mol. The second-order valence-corrected chi connectivity index (χ2v) is 8.41. The van der Waals surface area contributed by atoms with Crippen LogP contribution in [-0.4, -0.2) is 29.4 Å². The van der Waals surface area contributed by atoms with Crippen LogP contribution in [0.15, 0.2) is 47.4 Å². The van der Waals surface area contributed by atoms with Crippen molar-refractivity contribution in [1.29, 1.82) is 0 Å². The first-order valence-electron chi connectivity index (χ1n) is 9.60. The Morgan fingerprint density at radius 2 is 1.82 bits per heavy atom. The van der Waals surface area contributed by atoms with Gasteiger partial charge >= 0.3 is 5.97 Å². The molecular formula is C22H27NO4S. The molecule has 1 saturated carbocycles. The zero-order valence-corrected chi connectivity index (χ0v) is 16.8. The lowest BCUT2D eigenvalue weighted by Gasteiger charge is -2.24. The molecule has 0 aliphatic heterocycles. The van der Waals surface area contributed by atoms with Crippen molar-refractivity contribution in [2.45, 2.75) is 54.3 Å². The van der Waals surface area contributed by atoms with Gasteiger partial charge in [0.1, 0.15) is 5.75 Å². The molecule has 0 amide bonds. The molecule has 28 heavy (non-hydrogen) atoms. The predicted octanol–water partition coefficient (Wildman–Crippen LogP) is 4.60. The van der Waals surface area contributed by atoms with Gasteiger partial charge in [0.05, 0.1) is 12.4 Å². The molecule has 3 rings (SSSR count). The van der Waals surface area contributed by atoms with Crippen LogP contribution in [0.4, 0.5) is 5.69 Å². The molecule has 0 spiro atoms. The van der Waals surface area contributed by atoms with Crippen LogP contribution >= 0.6 is 11.8 Å². The van der Waals surface area contributed by atoms with Gasteiger partial charge in [-0.3, -0.25) is 0 Å². The number of rotatable bonds is 7. The molecule has 1 aliphatic carbocycles.